The van der Waals surface area contributed by atoms with Crippen LogP contribution in [0.2, 0.25) is 0 Å². The van der Waals surface area contributed by atoms with Gasteiger partial charge in [-0.25, -0.2) is 9.97 Å². The smallest absolute Gasteiger partial charge is 0.152 e. The Bertz CT molecular complexity index is 1000. The van der Waals surface area contributed by atoms with Crippen molar-refractivity contribution >= 4 is 22.7 Å². The number of rotatable bonds is 3. The Kier molecular flexibility index (Phi) is 4.47. The predicted molar refractivity (Wildman–Crippen MR) is 113 cm³/mol. The van der Waals surface area contributed by atoms with Crippen LogP contribution >= 0.6 is 22.7 Å². The summed E-state index contributed by atoms with van der Waals surface area (Å²) in [6.45, 7) is 8.55. The summed E-state index contributed by atoms with van der Waals surface area (Å²) in [4.78, 5) is 9.65. The average molecular weight is 377 g/mol. The van der Waals surface area contributed by atoms with Gasteiger partial charge in [-0.2, -0.15) is 0 Å². The van der Waals surface area contributed by atoms with Crippen molar-refractivity contribution in [3.8, 4) is 32.5 Å². The van der Waals surface area contributed by atoms with E-state index in [9.17, 15) is 0 Å². The summed E-state index contributed by atoms with van der Waals surface area (Å²) in [5.41, 5.74) is 9.59. The van der Waals surface area contributed by atoms with Crippen LogP contribution in [0.15, 0.2) is 47.2 Å². The van der Waals surface area contributed by atoms with Gasteiger partial charge in [0.2, 0.25) is 0 Å². The quantitative estimate of drug-likeness (QED) is 0.391. The monoisotopic (exact) mass is 376 g/mol. The Morgan fingerprint density at radius 3 is 1.38 bits per heavy atom. The number of nitrogens with zero attached hydrogens (tertiary/aromatic N) is 2. The van der Waals surface area contributed by atoms with Crippen molar-refractivity contribution in [2.45, 2.75) is 27.7 Å². The van der Waals surface area contributed by atoms with E-state index in [1.54, 1.807) is 22.7 Å². The molecule has 0 amide bonds. The molecule has 0 saturated heterocycles. The molecule has 0 radical (unpaired) electrons. The van der Waals surface area contributed by atoms with Crippen molar-refractivity contribution in [2.75, 3.05) is 0 Å². The van der Waals surface area contributed by atoms with Crippen molar-refractivity contribution < 1.29 is 0 Å². The molecule has 4 heteroatoms. The third kappa shape index (κ3) is 3.22. The number of hydrogen-bond acceptors (Lipinski definition) is 4. The van der Waals surface area contributed by atoms with E-state index in [1.807, 2.05) is 0 Å². The summed E-state index contributed by atoms with van der Waals surface area (Å²) in [6.07, 6.45) is 0. The number of benzene rings is 2. The predicted octanol–water partition coefficient (Wildman–Crippen LogP) is 6.83. The van der Waals surface area contributed by atoms with Gasteiger partial charge in [-0.1, -0.05) is 24.3 Å². The molecule has 2 heterocycles. The molecular formula is C22H20N2S2. The molecule has 2 nitrogen and oxygen atoms in total. The van der Waals surface area contributed by atoms with Crippen LogP contribution in [0.25, 0.3) is 32.5 Å². The molecule has 4 aromatic rings. The minimum absolute atomic E-state index is 0.985. The second-order valence-corrected chi connectivity index (χ2v) is 8.39. The zero-order chi connectivity index (χ0) is 18.3. The molecule has 4 rings (SSSR count). The molecule has 130 valence electrons. The largest absolute Gasteiger partial charge is 0.233 e. The summed E-state index contributed by atoms with van der Waals surface area (Å²) in [5.74, 6) is 0. The highest BCUT2D eigenvalue weighted by atomic mass is 32.1. The summed E-state index contributed by atoms with van der Waals surface area (Å²) in [7, 11) is 0. The van der Waals surface area contributed by atoms with E-state index < -0.39 is 0 Å². The maximum atomic E-state index is 4.83. The first-order valence-corrected chi connectivity index (χ1v) is 10.3. The molecular weight excluding hydrogens is 356 g/mol. The van der Waals surface area contributed by atoms with Gasteiger partial charge in [0.05, 0.1) is 11.4 Å². The molecule has 2 aromatic carbocycles. The van der Waals surface area contributed by atoms with E-state index in [0.29, 0.717) is 0 Å². The minimum Gasteiger partial charge on any atom is -0.233 e. The van der Waals surface area contributed by atoms with Crippen LogP contribution in [0.5, 0.6) is 0 Å². The van der Waals surface area contributed by atoms with Crippen LogP contribution in [0.1, 0.15) is 22.3 Å². The molecule has 0 spiro atoms. The fraction of sp³-hybridized carbons (Fsp3) is 0.182. The molecule has 0 atom stereocenters. The zero-order valence-corrected chi connectivity index (χ0v) is 17.0. The first-order valence-electron chi connectivity index (χ1n) is 8.58. The van der Waals surface area contributed by atoms with Crippen LogP contribution in [0.3, 0.4) is 0 Å². The lowest BCUT2D eigenvalue weighted by Gasteiger charge is -2.02. The molecule has 0 aliphatic heterocycles. The van der Waals surface area contributed by atoms with Crippen molar-refractivity contribution in [1.82, 2.24) is 9.97 Å². The van der Waals surface area contributed by atoms with Gasteiger partial charge < -0.3 is 0 Å². The maximum absolute atomic E-state index is 4.83. The Hall–Kier alpha value is -2.30. The van der Waals surface area contributed by atoms with Gasteiger partial charge >= 0.3 is 0 Å². The first-order chi connectivity index (χ1) is 12.5. The fourth-order valence-corrected chi connectivity index (χ4v) is 4.52. The summed E-state index contributed by atoms with van der Waals surface area (Å²) in [6, 6.07) is 13.0. The van der Waals surface area contributed by atoms with Crippen molar-refractivity contribution in [1.29, 1.82) is 0 Å². The van der Waals surface area contributed by atoms with Gasteiger partial charge in [0, 0.05) is 21.9 Å². The third-order valence-corrected chi connectivity index (χ3v) is 6.62. The third-order valence-electron chi connectivity index (χ3n) is 4.80. The summed E-state index contributed by atoms with van der Waals surface area (Å²) in [5, 5.41) is 6.21. The van der Waals surface area contributed by atoms with E-state index in [2.05, 4.69) is 74.9 Å². The topological polar surface area (TPSA) is 25.8 Å². The Morgan fingerprint density at radius 1 is 0.577 bits per heavy atom. The van der Waals surface area contributed by atoms with Gasteiger partial charge in [-0.3, -0.25) is 0 Å². The van der Waals surface area contributed by atoms with E-state index in [1.165, 1.54) is 33.4 Å². The SMILES string of the molecule is Cc1ccc(-c2csc(-c3nc(-c4ccc(C)c(C)c4)cs3)n2)cc1C. The van der Waals surface area contributed by atoms with Crippen LogP contribution < -0.4 is 0 Å². The number of thiazole rings is 2. The van der Waals surface area contributed by atoms with Crippen molar-refractivity contribution in [3.63, 3.8) is 0 Å². The standard InChI is InChI=1S/C22H20N2S2/c1-13-5-7-17(9-15(13)3)19-11-25-21(23-19)22-24-20(12-26-22)18-8-6-14(2)16(4)10-18/h5-12H,1-4H3. The van der Waals surface area contributed by atoms with E-state index in [4.69, 9.17) is 9.97 Å². The van der Waals surface area contributed by atoms with Gasteiger partial charge in [-0.05, 0) is 62.1 Å². The number of aryl methyl sites for hydroxylation is 4. The molecule has 0 bridgehead atoms. The van der Waals surface area contributed by atoms with Crippen LogP contribution in [0.4, 0.5) is 0 Å². The molecule has 2 aromatic heterocycles. The highest BCUT2D eigenvalue weighted by Crippen LogP contribution is 2.34. The van der Waals surface area contributed by atoms with E-state index in [-0.39, 0.29) is 0 Å². The average Bonchev–Trinajstić information content (AvgIpc) is 3.29. The first kappa shape index (κ1) is 17.1. The Balaban J connectivity index is 1.65. The molecule has 0 saturated carbocycles. The number of hydrogen-bond donors (Lipinski definition) is 0. The molecule has 0 unspecified atom stereocenters. The second-order valence-electron chi connectivity index (χ2n) is 6.67. The van der Waals surface area contributed by atoms with Crippen molar-refractivity contribution in [2.24, 2.45) is 0 Å². The summed E-state index contributed by atoms with van der Waals surface area (Å²) >= 11 is 3.32. The van der Waals surface area contributed by atoms with Gasteiger partial charge in [0.25, 0.3) is 0 Å². The molecule has 0 fully saturated rings. The molecule has 0 N–H and O–H groups in total. The lowest BCUT2D eigenvalue weighted by molar-refractivity contribution is 1.31. The highest BCUT2D eigenvalue weighted by molar-refractivity contribution is 7.20. The van der Waals surface area contributed by atoms with E-state index >= 15 is 0 Å². The van der Waals surface area contributed by atoms with Crippen LogP contribution in [-0.2, 0) is 0 Å². The summed E-state index contributed by atoms with van der Waals surface area (Å²) < 4.78 is 0. The lowest BCUT2D eigenvalue weighted by atomic mass is 10.1. The van der Waals surface area contributed by atoms with E-state index in [0.717, 1.165) is 21.4 Å². The molecule has 26 heavy (non-hydrogen) atoms. The maximum Gasteiger partial charge on any atom is 0.152 e. The minimum atomic E-state index is 0.985. The lowest BCUT2D eigenvalue weighted by Crippen LogP contribution is -1.85. The van der Waals surface area contributed by atoms with Crippen LogP contribution in [0, 0.1) is 27.7 Å². The van der Waals surface area contributed by atoms with Crippen LogP contribution in [-0.4, -0.2) is 9.97 Å². The highest BCUT2D eigenvalue weighted by Gasteiger charge is 2.12. The Morgan fingerprint density at radius 2 is 1.00 bits per heavy atom. The molecule has 0 aliphatic carbocycles. The molecule has 0 aliphatic rings. The zero-order valence-electron chi connectivity index (χ0n) is 15.3. The van der Waals surface area contributed by atoms with Gasteiger partial charge in [0.1, 0.15) is 0 Å². The van der Waals surface area contributed by atoms with Gasteiger partial charge in [-0.15, -0.1) is 22.7 Å². The van der Waals surface area contributed by atoms with Crippen molar-refractivity contribution in [3.05, 3.63) is 69.4 Å². The second kappa shape index (κ2) is 6.78. The Labute approximate surface area is 162 Å². The number of aromatic nitrogens is 2. The normalized spacial score (nSPS) is 11.1. The van der Waals surface area contributed by atoms with Gasteiger partial charge in [0.15, 0.2) is 10.0 Å². The fourth-order valence-electron chi connectivity index (χ4n) is 2.81.